The molecule has 0 aliphatic carbocycles. The van der Waals surface area contributed by atoms with E-state index in [-0.39, 0.29) is 23.9 Å². The SMILES string of the molecule is CC(=O)NCCN(C(C)C(=O)O)S(=O)(=O)c1ccccc1-c1ccccc1. The van der Waals surface area contributed by atoms with Gasteiger partial charge in [-0.2, -0.15) is 4.31 Å². The Kier molecular flexibility index (Phi) is 6.70. The van der Waals surface area contributed by atoms with Crippen molar-refractivity contribution in [3.8, 4) is 11.1 Å². The number of rotatable bonds is 8. The number of hydrogen-bond donors (Lipinski definition) is 2. The van der Waals surface area contributed by atoms with Crippen molar-refractivity contribution in [2.45, 2.75) is 24.8 Å². The van der Waals surface area contributed by atoms with Crippen LogP contribution in [0.15, 0.2) is 59.5 Å². The molecular weight excluding hydrogens is 368 g/mol. The smallest absolute Gasteiger partial charge is 0.321 e. The molecule has 2 aromatic rings. The van der Waals surface area contributed by atoms with Gasteiger partial charge in [0.05, 0.1) is 4.90 Å². The van der Waals surface area contributed by atoms with Gasteiger partial charge in [-0.05, 0) is 18.6 Å². The molecule has 0 saturated heterocycles. The molecule has 0 radical (unpaired) electrons. The van der Waals surface area contributed by atoms with Crippen LogP contribution >= 0.6 is 0 Å². The highest BCUT2D eigenvalue weighted by Crippen LogP contribution is 2.30. The third kappa shape index (κ3) is 4.93. The van der Waals surface area contributed by atoms with E-state index in [1.807, 2.05) is 6.07 Å². The lowest BCUT2D eigenvalue weighted by Gasteiger charge is -2.27. The van der Waals surface area contributed by atoms with Gasteiger partial charge in [-0.15, -0.1) is 0 Å². The Morgan fingerprint density at radius 2 is 1.67 bits per heavy atom. The van der Waals surface area contributed by atoms with Gasteiger partial charge in [-0.1, -0.05) is 48.5 Å². The highest BCUT2D eigenvalue weighted by molar-refractivity contribution is 7.89. The quantitative estimate of drug-likeness (QED) is 0.717. The fourth-order valence-electron chi connectivity index (χ4n) is 2.66. The van der Waals surface area contributed by atoms with Crippen LogP contribution in [-0.4, -0.2) is 48.8 Å². The van der Waals surface area contributed by atoms with E-state index in [4.69, 9.17) is 0 Å². The van der Waals surface area contributed by atoms with Gasteiger partial charge in [0.2, 0.25) is 15.9 Å². The van der Waals surface area contributed by atoms with Crippen LogP contribution in [0.3, 0.4) is 0 Å². The first-order valence-electron chi connectivity index (χ1n) is 8.38. The van der Waals surface area contributed by atoms with Crippen molar-refractivity contribution in [2.24, 2.45) is 0 Å². The maximum atomic E-state index is 13.3. The maximum absolute atomic E-state index is 13.3. The van der Waals surface area contributed by atoms with Crippen molar-refractivity contribution < 1.29 is 23.1 Å². The van der Waals surface area contributed by atoms with Gasteiger partial charge in [0.15, 0.2) is 0 Å². The predicted molar refractivity (Wildman–Crippen MR) is 102 cm³/mol. The molecule has 27 heavy (non-hydrogen) atoms. The summed E-state index contributed by atoms with van der Waals surface area (Å²) in [5.74, 6) is -1.58. The molecule has 8 heteroatoms. The van der Waals surface area contributed by atoms with E-state index in [0.29, 0.717) is 11.1 Å². The monoisotopic (exact) mass is 390 g/mol. The molecule has 1 amide bonds. The molecule has 2 rings (SSSR count). The number of benzene rings is 2. The number of hydrogen-bond acceptors (Lipinski definition) is 4. The second kappa shape index (κ2) is 8.79. The Labute approximate surface area is 158 Å². The molecular formula is C19H22N2O5S. The van der Waals surface area contributed by atoms with Crippen LogP contribution in [0.2, 0.25) is 0 Å². The average molecular weight is 390 g/mol. The molecule has 0 aliphatic heterocycles. The van der Waals surface area contributed by atoms with E-state index in [2.05, 4.69) is 5.32 Å². The minimum absolute atomic E-state index is 0.0136. The zero-order chi connectivity index (χ0) is 20.0. The Bertz CT molecular complexity index is 913. The molecule has 2 aromatic carbocycles. The first kappa shape index (κ1) is 20.6. The maximum Gasteiger partial charge on any atom is 0.321 e. The van der Waals surface area contributed by atoms with Crippen molar-refractivity contribution >= 4 is 21.9 Å². The van der Waals surface area contributed by atoms with Crippen LogP contribution in [-0.2, 0) is 19.6 Å². The molecule has 0 bridgehead atoms. The zero-order valence-corrected chi connectivity index (χ0v) is 15.9. The summed E-state index contributed by atoms with van der Waals surface area (Å²) in [5, 5.41) is 11.9. The van der Waals surface area contributed by atoms with Gasteiger partial charge in [0, 0.05) is 25.6 Å². The summed E-state index contributed by atoms with van der Waals surface area (Å²) in [6, 6.07) is 14.2. The number of carboxylic acid groups (broad SMARTS) is 1. The van der Waals surface area contributed by atoms with E-state index in [9.17, 15) is 23.1 Å². The van der Waals surface area contributed by atoms with Crippen LogP contribution in [0.5, 0.6) is 0 Å². The van der Waals surface area contributed by atoms with E-state index in [1.54, 1.807) is 42.5 Å². The minimum Gasteiger partial charge on any atom is -0.480 e. The summed E-state index contributed by atoms with van der Waals surface area (Å²) >= 11 is 0. The standard InChI is InChI=1S/C19H22N2O5S/c1-14(19(23)24)21(13-12-20-15(2)22)27(25,26)18-11-7-6-10-17(18)16-8-4-3-5-9-16/h3-11,14H,12-13H2,1-2H3,(H,20,22)(H,23,24). The van der Waals surface area contributed by atoms with Crippen LogP contribution < -0.4 is 5.32 Å². The van der Waals surface area contributed by atoms with Crippen molar-refractivity contribution in [1.82, 2.24) is 9.62 Å². The molecule has 7 nitrogen and oxygen atoms in total. The van der Waals surface area contributed by atoms with Crippen LogP contribution in [0.25, 0.3) is 11.1 Å². The van der Waals surface area contributed by atoms with Crippen molar-refractivity contribution in [3.63, 3.8) is 0 Å². The van der Waals surface area contributed by atoms with Gasteiger partial charge in [-0.3, -0.25) is 9.59 Å². The molecule has 1 unspecified atom stereocenters. The highest BCUT2D eigenvalue weighted by atomic mass is 32.2. The first-order valence-corrected chi connectivity index (χ1v) is 9.82. The molecule has 1 atom stereocenters. The van der Waals surface area contributed by atoms with Crippen molar-refractivity contribution in [2.75, 3.05) is 13.1 Å². The van der Waals surface area contributed by atoms with Crippen molar-refractivity contribution in [1.29, 1.82) is 0 Å². The van der Waals surface area contributed by atoms with E-state index in [1.165, 1.54) is 19.9 Å². The number of aliphatic carboxylic acids is 1. The number of nitrogens with one attached hydrogen (secondary N) is 1. The van der Waals surface area contributed by atoms with Gasteiger partial charge < -0.3 is 10.4 Å². The predicted octanol–water partition coefficient (Wildman–Crippen LogP) is 1.95. The van der Waals surface area contributed by atoms with E-state index >= 15 is 0 Å². The Hall–Kier alpha value is -2.71. The minimum atomic E-state index is -4.12. The molecule has 0 fully saturated rings. The van der Waals surface area contributed by atoms with E-state index < -0.39 is 22.0 Å². The first-order chi connectivity index (χ1) is 12.7. The Morgan fingerprint density at radius 3 is 2.26 bits per heavy atom. The average Bonchev–Trinajstić information content (AvgIpc) is 2.65. The van der Waals surface area contributed by atoms with Gasteiger partial charge in [0.25, 0.3) is 0 Å². The summed E-state index contributed by atoms with van der Waals surface area (Å²) in [4.78, 5) is 22.6. The molecule has 2 N–H and O–H groups in total. The normalized spacial score (nSPS) is 12.6. The molecule has 0 saturated carbocycles. The van der Waals surface area contributed by atoms with Gasteiger partial charge >= 0.3 is 5.97 Å². The second-order valence-corrected chi connectivity index (χ2v) is 7.83. The highest BCUT2D eigenvalue weighted by Gasteiger charge is 2.34. The number of amides is 1. The lowest BCUT2D eigenvalue weighted by atomic mass is 10.1. The molecule has 0 spiro atoms. The van der Waals surface area contributed by atoms with Crippen LogP contribution in [0.4, 0.5) is 0 Å². The largest absolute Gasteiger partial charge is 0.480 e. The van der Waals surface area contributed by atoms with Crippen LogP contribution in [0, 0.1) is 0 Å². The number of carbonyl (C=O) groups excluding carboxylic acids is 1. The summed E-state index contributed by atoms with van der Waals surface area (Å²) in [6.45, 7) is 2.47. The number of carbonyl (C=O) groups is 2. The number of carboxylic acids is 1. The summed E-state index contributed by atoms with van der Waals surface area (Å²) in [6.07, 6.45) is 0. The summed E-state index contributed by atoms with van der Waals surface area (Å²) < 4.78 is 27.5. The lowest BCUT2D eigenvalue weighted by molar-refractivity contribution is -0.140. The number of sulfonamides is 1. The Balaban J connectivity index is 2.49. The third-order valence-corrected chi connectivity index (χ3v) is 6.08. The van der Waals surface area contributed by atoms with Crippen molar-refractivity contribution in [3.05, 3.63) is 54.6 Å². The lowest BCUT2D eigenvalue weighted by Crippen LogP contribution is -2.46. The fraction of sp³-hybridized carbons (Fsp3) is 0.263. The third-order valence-electron chi connectivity index (χ3n) is 4.05. The topological polar surface area (TPSA) is 104 Å². The van der Waals surface area contributed by atoms with Crippen LogP contribution in [0.1, 0.15) is 13.8 Å². The van der Waals surface area contributed by atoms with Gasteiger partial charge in [-0.25, -0.2) is 8.42 Å². The van der Waals surface area contributed by atoms with E-state index in [0.717, 1.165) is 4.31 Å². The molecule has 0 aromatic heterocycles. The molecule has 0 aliphatic rings. The fourth-order valence-corrected chi connectivity index (χ4v) is 4.47. The molecule has 144 valence electrons. The molecule has 0 heterocycles. The second-order valence-electron chi connectivity index (χ2n) is 5.98. The zero-order valence-electron chi connectivity index (χ0n) is 15.1. The number of nitrogens with zero attached hydrogens (tertiary/aromatic N) is 1. The summed E-state index contributed by atoms with van der Waals surface area (Å²) in [7, 11) is -4.12. The van der Waals surface area contributed by atoms with Gasteiger partial charge in [0.1, 0.15) is 6.04 Å². The Morgan fingerprint density at radius 1 is 1.07 bits per heavy atom. The summed E-state index contributed by atoms with van der Waals surface area (Å²) in [5.41, 5.74) is 1.20.